The van der Waals surface area contributed by atoms with Crippen LogP contribution in [0.3, 0.4) is 0 Å². The van der Waals surface area contributed by atoms with E-state index >= 15 is 0 Å². The van der Waals surface area contributed by atoms with Crippen molar-refractivity contribution in [3.63, 3.8) is 0 Å². The summed E-state index contributed by atoms with van der Waals surface area (Å²) in [5.74, 6) is 0.0490. The summed E-state index contributed by atoms with van der Waals surface area (Å²) in [5, 5.41) is 2.85. The molecule has 1 saturated carbocycles. The summed E-state index contributed by atoms with van der Waals surface area (Å²) < 4.78 is 10.9. The lowest BCUT2D eigenvalue weighted by atomic mass is 10.1. The Hall–Kier alpha value is -0.610. The number of carbonyl (C=O) groups is 1. The van der Waals surface area contributed by atoms with Gasteiger partial charge in [-0.3, -0.25) is 4.79 Å². The highest BCUT2D eigenvalue weighted by Crippen LogP contribution is 2.19. The molecule has 0 aromatic heterocycles. The molecule has 0 spiro atoms. The van der Waals surface area contributed by atoms with Crippen molar-refractivity contribution in [2.24, 2.45) is 0 Å². The van der Waals surface area contributed by atoms with Gasteiger partial charge >= 0.3 is 0 Å². The van der Waals surface area contributed by atoms with Crippen molar-refractivity contribution >= 4 is 5.91 Å². The minimum atomic E-state index is 0.0490. The fourth-order valence-corrected chi connectivity index (χ4v) is 2.22. The lowest BCUT2D eigenvalue weighted by molar-refractivity contribution is -0.122. The first-order valence-electron chi connectivity index (χ1n) is 7.29. The SMILES string of the molecule is CCOCCC(=O)NCCOC1CCCCCC1. The van der Waals surface area contributed by atoms with E-state index < -0.39 is 0 Å². The fourth-order valence-electron chi connectivity index (χ4n) is 2.22. The van der Waals surface area contributed by atoms with Gasteiger partial charge in [-0.25, -0.2) is 0 Å². The Labute approximate surface area is 110 Å². The van der Waals surface area contributed by atoms with E-state index in [1.165, 1.54) is 38.5 Å². The molecule has 0 radical (unpaired) electrons. The topological polar surface area (TPSA) is 47.6 Å². The maximum Gasteiger partial charge on any atom is 0.222 e. The van der Waals surface area contributed by atoms with Crippen LogP contribution in [0, 0.1) is 0 Å². The lowest BCUT2D eigenvalue weighted by Gasteiger charge is -2.15. The first-order chi connectivity index (χ1) is 8.83. The molecule has 0 atom stereocenters. The van der Waals surface area contributed by atoms with Gasteiger partial charge in [0.2, 0.25) is 5.91 Å². The normalized spacial score (nSPS) is 17.4. The summed E-state index contributed by atoms with van der Waals surface area (Å²) in [4.78, 5) is 11.4. The van der Waals surface area contributed by atoms with Gasteiger partial charge in [-0.05, 0) is 19.8 Å². The Morgan fingerprint density at radius 2 is 1.89 bits per heavy atom. The van der Waals surface area contributed by atoms with Crippen molar-refractivity contribution in [2.45, 2.75) is 58.0 Å². The molecule has 0 unspecified atom stereocenters. The van der Waals surface area contributed by atoms with Crippen LogP contribution in [0.15, 0.2) is 0 Å². The molecule has 1 rings (SSSR count). The Kier molecular flexibility index (Phi) is 8.86. The molecule has 0 bridgehead atoms. The van der Waals surface area contributed by atoms with E-state index in [2.05, 4.69) is 5.32 Å². The highest BCUT2D eigenvalue weighted by molar-refractivity contribution is 5.75. The van der Waals surface area contributed by atoms with Gasteiger partial charge in [-0.2, -0.15) is 0 Å². The predicted octanol–water partition coefficient (Wildman–Crippen LogP) is 2.27. The molecule has 1 fully saturated rings. The Morgan fingerprint density at radius 1 is 1.17 bits per heavy atom. The zero-order valence-corrected chi connectivity index (χ0v) is 11.6. The third-order valence-electron chi connectivity index (χ3n) is 3.26. The molecule has 1 aliphatic rings. The first kappa shape index (κ1) is 15.4. The smallest absolute Gasteiger partial charge is 0.222 e. The van der Waals surface area contributed by atoms with Gasteiger partial charge < -0.3 is 14.8 Å². The maximum absolute atomic E-state index is 11.4. The van der Waals surface area contributed by atoms with E-state index in [-0.39, 0.29) is 5.91 Å². The molecule has 0 heterocycles. The molecule has 0 saturated heterocycles. The van der Waals surface area contributed by atoms with Gasteiger partial charge in [0.05, 0.1) is 19.3 Å². The van der Waals surface area contributed by atoms with Crippen molar-refractivity contribution in [3.05, 3.63) is 0 Å². The van der Waals surface area contributed by atoms with Crippen molar-refractivity contribution in [2.75, 3.05) is 26.4 Å². The molecule has 0 aromatic rings. The minimum absolute atomic E-state index is 0.0490. The quantitative estimate of drug-likeness (QED) is 0.536. The summed E-state index contributed by atoms with van der Waals surface area (Å²) in [6.45, 7) is 4.34. The molecule has 106 valence electrons. The van der Waals surface area contributed by atoms with Crippen molar-refractivity contribution in [1.82, 2.24) is 5.32 Å². The number of hydrogen-bond donors (Lipinski definition) is 1. The van der Waals surface area contributed by atoms with Crippen molar-refractivity contribution < 1.29 is 14.3 Å². The third kappa shape index (κ3) is 7.67. The van der Waals surface area contributed by atoms with Gasteiger partial charge in [0, 0.05) is 19.6 Å². The molecular formula is C14H27NO3. The average molecular weight is 257 g/mol. The molecule has 1 amide bonds. The fraction of sp³-hybridized carbons (Fsp3) is 0.929. The highest BCUT2D eigenvalue weighted by Gasteiger charge is 2.12. The number of rotatable bonds is 8. The standard InChI is InChI=1S/C14H27NO3/c1-2-17-11-9-14(16)15-10-12-18-13-7-5-3-4-6-8-13/h13H,2-12H2,1H3,(H,15,16). The number of hydrogen-bond acceptors (Lipinski definition) is 3. The summed E-state index contributed by atoms with van der Waals surface area (Å²) in [7, 11) is 0. The second-order valence-corrected chi connectivity index (χ2v) is 4.78. The Bertz CT molecular complexity index is 213. The third-order valence-corrected chi connectivity index (χ3v) is 3.26. The molecule has 4 nitrogen and oxygen atoms in total. The van der Waals surface area contributed by atoms with Crippen LogP contribution in [0.25, 0.3) is 0 Å². The van der Waals surface area contributed by atoms with Gasteiger partial charge in [0.1, 0.15) is 0 Å². The van der Waals surface area contributed by atoms with Crippen LogP contribution in [0.2, 0.25) is 0 Å². The number of nitrogens with one attached hydrogen (secondary N) is 1. The minimum Gasteiger partial charge on any atom is -0.381 e. The van der Waals surface area contributed by atoms with Crippen LogP contribution in [0.1, 0.15) is 51.9 Å². The van der Waals surface area contributed by atoms with Crippen LogP contribution in [0.4, 0.5) is 0 Å². The highest BCUT2D eigenvalue weighted by atomic mass is 16.5. The van der Waals surface area contributed by atoms with Gasteiger partial charge in [0.25, 0.3) is 0 Å². The zero-order valence-electron chi connectivity index (χ0n) is 11.6. The van der Waals surface area contributed by atoms with E-state index in [0.29, 0.717) is 38.9 Å². The number of carbonyl (C=O) groups excluding carboxylic acids is 1. The summed E-state index contributed by atoms with van der Waals surface area (Å²) >= 11 is 0. The lowest BCUT2D eigenvalue weighted by Crippen LogP contribution is -2.29. The van der Waals surface area contributed by atoms with Gasteiger partial charge in [0.15, 0.2) is 0 Å². The molecule has 4 heteroatoms. The first-order valence-corrected chi connectivity index (χ1v) is 7.29. The van der Waals surface area contributed by atoms with Crippen LogP contribution in [-0.4, -0.2) is 38.4 Å². The van der Waals surface area contributed by atoms with Gasteiger partial charge in [-0.1, -0.05) is 25.7 Å². The molecule has 1 N–H and O–H groups in total. The van der Waals surface area contributed by atoms with Crippen molar-refractivity contribution in [3.8, 4) is 0 Å². The van der Waals surface area contributed by atoms with E-state index in [9.17, 15) is 4.79 Å². The second kappa shape index (κ2) is 10.3. The molecule has 0 aliphatic heterocycles. The van der Waals surface area contributed by atoms with Crippen LogP contribution in [-0.2, 0) is 14.3 Å². The molecular weight excluding hydrogens is 230 g/mol. The molecule has 18 heavy (non-hydrogen) atoms. The van der Waals surface area contributed by atoms with E-state index in [1.54, 1.807) is 0 Å². The van der Waals surface area contributed by atoms with Crippen LogP contribution < -0.4 is 5.32 Å². The average Bonchev–Trinajstić information content (AvgIpc) is 2.63. The second-order valence-electron chi connectivity index (χ2n) is 4.78. The van der Waals surface area contributed by atoms with Gasteiger partial charge in [-0.15, -0.1) is 0 Å². The molecule has 1 aliphatic carbocycles. The monoisotopic (exact) mass is 257 g/mol. The zero-order chi connectivity index (χ0) is 13.1. The molecule has 0 aromatic carbocycles. The van der Waals surface area contributed by atoms with Crippen LogP contribution in [0.5, 0.6) is 0 Å². The largest absolute Gasteiger partial charge is 0.381 e. The maximum atomic E-state index is 11.4. The Balaban J connectivity index is 1.95. The summed E-state index contributed by atoms with van der Waals surface area (Å²) in [5.41, 5.74) is 0. The number of amides is 1. The summed E-state index contributed by atoms with van der Waals surface area (Å²) in [6, 6.07) is 0. The van der Waals surface area contributed by atoms with Crippen molar-refractivity contribution in [1.29, 1.82) is 0 Å². The van der Waals surface area contributed by atoms with E-state index in [4.69, 9.17) is 9.47 Å². The summed E-state index contributed by atoms with van der Waals surface area (Å²) in [6.07, 6.45) is 8.46. The van der Waals surface area contributed by atoms with E-state index in [0.717, 1.165) is 0 Å². The van der Waals surface area contributed by atoms with E-state index in [1.807, 2.05) is 6.92 Å². The number of ether oxygens (including phenoxy) is 2. The Morgan fingerprint density at radius 3 is 2.56 bits per heavy atom. The predicted molar refractivity (Wildman–Crippen MR) is 71.6 cm³/mol. The van der Waals surface area contributed by atoms with Crippen LogP contribution >= 0.6 is 0 Å².